The molecule has 0 aromatic heterocycles. The highest BCUT2D eigenvalue weighted by Gasteiger charge is 2.08. The number of unbranched alkanes of at least 4 members (excludes halogenated alkanes) is 2. The molecular weight excluding hydrogens is 232 g/mol. The molecule has 0 radical (unpaired) electrons. The Morgan fingerprint density at radius 1 is 0.944 bits per heavy atom. The molecule has 0 aliphatic heterocycles. The smallest absolute Gasteiger partial charge is 0.331 e. The minimum absolute atomic E-state index is 0.292. The molecule has 0 aromatic rings. The molecule has 0 heterocycles. The Morgan fingerprint density at radius 3 is 1.94 bits per heavy atom. The summed E-state index contributed by atoms with van der Waals surface area (Å²) in [6.45, 7) is 4.00. The minimum Gasteiger partial charge on any atom is -0.478 e. The van der Waals surface area contributed by atoms with Crippen LogP contribution in [0.4, 0.5) is 0 Å². The van der Waals surface area contributed by atoms with Crippen LogP contribution in [0.5, 0.6) is 0 Å². The molecule has 0 aliphatic rings. The lowest BCUT2D eigenvalue weighted by atomic mass is 10.0. The molecule has 0 fully saturated rings. The van der Waals surface area contributed by atoms with Gasteiger partial charge < -0.3 is 10.2 Å². The maximum atomic E-state index is 11.1. The third-order valence-electron chi connectivity index (χ3n) is 2.56. The average Bonchev–Trinajstić information content (AvgIpc) is 2.30. The molecule has 18 heavy (non-hydrogen) atoms. The predicted molar refractivity (Wildman–Crippen MR) is 70.5 cm³/mol. The van der Waals surface area contributed by atoms with Gasteiger partial charge in [-0.05, 0) is 37.3 Å². The van der Waals surface area contributed by atoms with Crippen LogP contribution in [0.1, 0.15) is 52.4 Å². The molecule has 4 nitrogen and oxygen atoms in total. The van der Waals surface area contributed by atoms with Gasteiger partial charge in [-0.15, -0.1) is 0 Å². The Kier molecular flexibility index (Phi) is 8.62. The fourth-order valence-corrected chi connectivity index (χ4v) is 1.56. The lowest BCUT2D eigenvalue weighted by molar-refractivity contribution is -0.133. The maximum absolute atomic E-state index is 11.1. The van der Waals surface area contributed by atoms with Gasteiger partial charge in [-0.25, -0.2) is 9.59 Å². The lowest BCUT2D eigenvalue weighted by Gasteiger charge is -2.04. The van der Waals surface area contributed by atoms with E-state index in [0.29, 0.717) is 24.0 Å². The fraction of sp³-hybridized carbons (Fsp3) is 0.571. The standard InChI is InChI=1S/C14H22O4/c1-3-5-7-11(10-13(15)16)9-12(14(17)18)8-6-4-2/h9-10H,3-8H2,1-2H3,(H,15,16)(H,17,18). The summed E-state index contributed by atoms with van der Waals surface area (Å²) < 4.78 is 0. The summed E-state index contributed by atoms with van der Waals surface area (Å²) in [6, 6.07) is 0. The molecule has 2 N–H and O–H groups in total. The van der Waals surface area contributed by atoms with Crippen molar-refractivity contribution in [1.82, 2.24) is 0 Å². The van der Waals surface area contributed by atoms with E-state index in [9.17, 15) is 9.59 Å². The fourth-order valence-electron chi connectivity index (χ4n) is 1.56. The van der Waals surface area contributed by atoms with Crippen molar-refractivity contribution in [3.8, 4) is 0 Å². The molecule has 0 aliphatic carbocycles. The zero-order valence-electron chi connectivity index (χ0n) is 11.1. The van der Waals surface area contributed by atoms with Crippen molar-refractivity contribution in [2.45, 2.75) is 52.4 Å². The SMILES string of the molecule is CCCCC(=CC(=O)O)C=C(CCCC)C(=O)O. The Balaban J connectivity index is 4.94. The van der Waals surface area contributed by atoms with E-state index in [0.717, 1.165) is 31.8 Å². The summed E-state index contributed by atoms with van der Waals surface area (Å²) in [7, 11) is 0. The summed E-state index contributed by atoms with van der Waals surface area (Å²) in [6.07, 6.45) is 7.22. The first-order chi connectivity index (χ1) is 8.51. The van der Waals surface area contributed by atoms with Crippen LogP contribution < -0.4 is 0 Å². The lowest BCUT2D eigenvalue weighted by Crippen LogP contribution is -2.02. The molecule has 0 rings (SSSR count). The number of rotatable bonds is 9. The van der Waals surface area contributed by atoms with Gasteiger partial charge in [0.25, 0.3) is 0 Å². The molecule has 0 unspecified atom stereocenters. The number of carboxylic acids is 2. The second-order valence-electron chi connectivity index (χ2n) is 4.24. The summed E-state index contributed by atoms with van der Waals surface area (Å²) in [5, 5.41) is 17.8. The van der Waals surface area contributed by atoms with Crippen LogP contribution in [0.25, 0.3) is 0 Å². The largest absolute Gasteiger partial charge is 0.478 e. The van der Waals surface area contributed by atoms with Crippen molar-refractivity contribution in [3.05, 3.63) is 23.3 Å². The van der Waals surface area contributed by atoms with Crippen LogP contribution in [-0.2, 0) is 9.59 Å². The summed E-state index contributed by atoms with van der Waals surface area (Å²) in [5.41, 5.74) is 0.873. The third-order valence-corrected chi connectivity index (χ3v) is 2.56. The normalized spacial score (nSPS) is 12.6. The average molecular weight is 254 g/mol. The van der Waals surface area contributed by atoms with Crippen LogP contribution in [0.2, 0.25) is 0 Å². The van der Waals surface area contributed by atoms with Gasteiger partial charge in [0, 0.05) is 11.6 Å². The van der Waals surface area contributed by atoms with Crippen LogP contribution in [0, 0.1) is 0 Å². The van der Waals surface area contributed by atoms with Crippen LogP contribution in [-0.4, -0.2) is 22.2 Å². The molecule has 102 valence electrons. The minimum atomic E-state index is -1.03. The highest BCUT2D eigenvalue weighted by Crippen LogP contribution is 2.15. The van der Waals surface area contributed by atoms with E-state index in [1.807, 2.05) is 13.8 Å². The Bertz CT molecular complexity index is 340. The van der Waals surface area contributed by atoms with Gasteiger partial charge in [0.2, 0.25) is 0 Å². The second kappa shape index (κ2) is 9.45. The summed E-state index contributed by atoms with van der Waals surface area (Å²) >= 11 is 0. The van der Waals surface area contributed by atoms with E-state index >= 15 is 0 Å². The van der Waals surface area contributed by atoms with E-state index in [1.165, 1.54) is 6.08 Å². The van der Waals surface area contributed by atoms with Crippen molar-refractivity contribution in [1.29, 1.82) is 0 Å². The van der Waals surface area contributed by atoms with E-state index in [4.69, 9.17) is 10.2 Å². The van der Waals surface area contributed by atoms with Crippen LogP contribution >= 0.6 is 0 Å². The zero-order chi connectivity index (χ0) is 14.0. The molecule has 0 aromatic carbocycles. The van der Waals surface area contributed by atoms with E-state index < -0.39 is 11.9 Å². The van der Waals surface area contributed by atoms with Gasteiger partial charge in [-0.3, -0.25) is 0 Å². The van der Waals surface area contributed by atoms with Gasteiger partial charge in [0.15, 0.2) is 0 Å². The number of hydrogen-bond acceptors (Lipinski definition) is 2. The van der Waals surface area contributed by atoms with Gasteiger partial charge in [-0.1, -0.05) is 26.7 Å². The van der Waals surface area contributed by atoms with Crippen molar-refractivity contribution in [2.75, 3.05) is 0 Å². The van der Waals surface area contributed by atoms with E-state index in [-0.39, 0.29) is 0 Å². The number of hydrogen-bond donors (Lipinski definition) is 2. The molecule has 4 heteroatoms. The number of carbonyl (C=O) groups is 2. The monoisotopic (exact) mass is 254 g/mol. The van der Waals surface area contributed by atoms with Crippen LogP contribution in [0.15, 0.2) is 23.3 Å². The van der Waals surface area contributed by atoms with Crippen molar-refractivity contribution < 1.29 is 19.8 Å². The summed E-state index contributed by atoms with van der Waals surface area (Å²) in [5.74, 6) is -1.99. The van der Waals surface area contributed by atoms with E-state index in [2.05, 4.69) is 0 Å². The van der Waals surface area contributed by atoms with Crippen molar-refractivity contribution >= 4 is 11.9 Å². The topological polar surface area (TPSA) is 74.6 Å². The Morgan fingerprint density at radius 2 is 1.50 bits per heavy atom. The van der Waals surface area contributed by atoms with Gasteiger partial charge in [-0.2, -0.15) is 0 Å². The van der Waals surface area contributed by atoms with Gasteiger partial charge in [0.1, 0.15) is 0 Å². The second-order valence-corrected chi connectivity index (χ2v) is 4.24. The highest BCUT2D eigenvalue weighted by molar-refractivity contribution is 5.88. The molecule has 0 spiro atoms. The number of carboxylic acid groups (broad SMARTS) is 2. The quantitative estimate of drug-likeness (QED) is 0.488. The molecule has 0 amide bonds. The van der Waals surface area contributed by atoms with E-state index in [1.54, 1.807) is 0 Å². The molecule has 0 saturated heterocycles. The predicted octanol–water partition coefficient (Wildman–Crippen LogP) is 3.39. The molecule has 0 bridgehead atoms. The number of aliphatic carboxylic acids is 2. The zero-order valence-corrected chi connectivity index (χ0v) is 11.1. The molecular formula is C14H22O4. The van der Waals surface area contributed by atoms with Crippen molar-refractivity contribution in [3.63, 3.8) is 0 Å². The number of allylic oxidation sites excluding steroid dienone is 2. The molecule has 0 atom stereocenters. The first kappa shape index (κ1) is 16.4. The third kappa shape index (κ3) is 7.65. The summed E-state index contributed by atoms with van der Waals surface area (Å²) in [4.78, 5) is 21.7. The molecule has 0 saturated carbocycles. The van der Waals surface area contributed by atoms with Crippen molar-refractivity contribution in [2.24, 2.45) is 0 Å². The maximum Gasteiger partial charge on any atom is 0.331 e. The first-order valence-electron chi connectivity index (χ1n) is 6.38. The Hall–Kier alpha value is -1.58. The highest BCUT2D eigenvalue weighted by atomic mass is 16.4. The van der Waals surface area contributed by atoms with Crippen LogP contribution in [0.3, 0.4) is 0 Å². The van der Waals surface area contributed by atoms with Gasteiger partial charge in [0.05, 0.1) is 0 Å². The first-order valence-corrected chi connectivity index (χ1v) is 6.38. The van der Waals surface area contributed by atoms with Gasteiger partial charge >= 0.3 is 11.9 Å². The Labute approximate surface area is 108 Å².